The Morgan fingerprint density at radius 3 is 2.60 bits per heavy atom. The van der Waals surface area contributed by atoms with E-state index in [4.69, 9.17) is 9.84 Å². The Balaban J connectivity index is 1.80. The van der Waals surface area contributed by atoms with E-state index in [9.17, 15) is 18.0 Å². The SMILES string of the molecule is CS(=O)(=O)N1CCC[C@H]1C(=O)NCCc1ccc(OCC(=O)O)cc1. The summed E-state index contributed by atoms with van der Waals surface area (Å²) in [7, 11) is -3.37. The molecule has 0 unspecified atom stereocenters. The maximum absolute atomic E-state index is 12.2. The Kier molecular flexibility index (Phi) is 6.38. The molecule has 0 radical (unpaired) electrons. The van der Waals surface area contributed by atoms with Crippen LogP contribution in [0.5, 0.6) is 5.75 Å². The molecule has 138 valence electrons. The summed E-state index contributed by atoms with van der Waals surface area (Å²) in [5.74, 6) is -0.851. The minimum Gasteiger partial charge on any atom is -0.482 e. The van der Waals surface area contributed by atoms with Crippen molar-refractivity contribution < 1.29 is 27.9 Å². The Morgan fingerprint density at radius 1 is 1.32 bits per heavy atom. The van der Waals surface area contributed by atoms with E-state index in [-0.39, 0.29) is 5.91 Å². The molecule has 1 heterocycles. The van der Waals surface area contributed by atoms with Gasteiger partial charge < -0.3 is 15.2 Å². The molecule has 1 aliphatic rings. The standard InChI is InChI=1S/C16H22N2O6S/c1-25(22,23)18-10-2-3-14(18)16(21)17-9-8-12-4-6-13(7-5-12)24-11-15(19)20/h4-7,14H,2-3,8-11H2,1H3,(H,17,21)(H,19,20)/t14-/m0/s1. The van der Waals surface area contributed by atoms with Gasteiger partial charge >= 0.3 is 5.97 Å². The van der Waals surface area contributed by atoms with Gasteiger partial charge in [0.25, 0.3) is 0 Å². The van der Waals surface area contributed by atoms with Crippen LogP contribution in [0.4, 0.5) is 0 Å². The third-order valence-electron chi connectivity index (χ3n) is 3.93. The van der Waals surface area contributed by atoms with Crippen molar-refractivity contribution in [2.45, 2.75) is 25.3 Å². The maximum Gasteiger partial charge on any atom is 0.341 e. The van der Waals surface area contributed by atoms with E-state index in [1.165, 1.54) is 4.31 Å². The molecule has 0 bridgehead atoms. The number of ether oxygens (including phenoxy) is 1. The molecule has 1 fully saturated rings. The van der Waals surface area contributed by atoms with Gasteiger partial charge in [0.05, 0.1) is 6.26 Å². The fourth-order valence-corrected chi connectivity index (χ4v) is 3.87. The van der Waals surface area contributed by atoms with Gasteiger partial charge in [-0.15, -0.1) is 0 Å². The minimum atomic E-state index is -3.37. The highest BCUT2D eigenvalue weighted by Crippen LogP contribution is 2.20. The molecule has 1 aliphatic heterocycles. The molecule has 0 aromatic heterocycles. The fourth-order valence-electron chi connectivity index (χ4n) is 2.74. The number of carbonyl (C=O) groups is 2. The zero-order valence-corrected chi connectivity index (χ0v) is 14.8. The molecule has 8 nitrogen and oxygen atoms in total. The molecule has 1 aromatic rings. The van der Waals surface area contributed by atoms with Crippen molar-refractivity contribution in [3.05, 3.63) is 29.8 Å². The molecule has 2 rings (SSSR count). The van der Waals surface area contributed by atoms with Crippen LogP contribution < -0.4 is 10.1 Å². The molecule has 0 aliphatic carbocycles. The highest BCUT2D eigenvalue weighted by Gasteiger charge is 2.36. The van der Waals surface area contributed by atoms with Crippen molar-refractivity contribution in [1.82, 2.24) is 9.62 Å². The van der Waals surface area contributed by atoms with Crippen molar-refractivity contribution in [3.8, 4) is 5.75 Å². The van der Waals surface area contributed by atoms with E-state index >= 15 is 0 Å². The van der Waals surface area contributed by atoms with E-state index in [2.05, 4.69) is 5.32 Å². The van der Waals surface area contributed by atoms with Gasteiger partial charge in [-0.25, -0.2) is 13.2 Å². The summed E-state index contributed by atoms with van der Waals surface area (Å²) in [5, 5.41) is 11.3. The summed E-state index contributed by atoms with van der Waals surface area (Å²) in [4.78, 5) is 22.6. The van der Waals surface area contributed by atoms with Crippen LogP contribution in [-0.2, 0) is 26.0 Å². The molecular formula is C16H22N2O6S. The third-order valence-corrected chi connectivity index (χ3v) is 5.22. The first-order valence-corrected chi connectivity index (χ1v) is 9.80. The van der Waals surface area contributed by atoms with E-state index in [0.29, 0.717) is 38.1 Å². The van der Waals surface area contributed by atoms with Gasteiger partial charge in [0.1, 0.15) is 11.8 Å². The molecule has 1 amide bonds. The number of hydrogen-bond donors (Lipinski definition) is 2. The van der Waals surface area contributed by atoms with Gasteiger partial charge in [0, 0.05) is 13.1 Å². The third kappa shape index (κ3) is 5.71. The van der Waals surface area contributed by atoms with Crippen molar-refractivity contribution in [2.24, 2.45) is 0 Å². The normalized spacial score (nSPS) is 18.0. The Hall–Kier alpha value is -2.13. The van der Waals surface area contributed by atoms with E-state index in [1.807, 2.05) is 0 Å². The quantitative estimate of drug-likeness (QED) is 0.677. The Bertz CT molecular complexity index is 717. The molecule has 0 spiro atoms. The number of hydrogen-bond acceptors (Lipinski definition) is 5. The largest absolute Gasteiger partial charge is 0.482 e. The van der Waals surface area contributed by atoms with Crippen LogP contribution >= 0.6 is 0 Å². The van der Waals surface area contributed by atoms with Crippen LogP contribution in [0.1, 0.15) is 18.4 Å². The number of sulfonamides is 1. The van der Waals surface area contributed by atoms with Crippen molar-refractivity contribution in [1.29, 1.82) is 0 Å². The molecule has 9 heteroatoms. The van der Waals surface area contributed by atoms with Gasteiger partial charge in [-0.05, 0) is 37.0 Å². The Labute approximate surface area is 146 Å². The van der Waals surface area contributed by atoms with Crippen molar-refractivity contribution >= 4 is 21.9 Å². The van der Waals surface area contributed by atoms with Crippen molar-refractivity contribution in [3.63, 3.8) is 0 Å². The van der Waals surface area contributed by atoms with Gasteiger partial charge in [0.2, 0.25) is 15.9 Å². The lowest BCUT2D eigenvalue weighted by Crippen LogP contribution is -2.45. The molecule has 1 saturated heterocycles. The first-order valence-electron chi connectivity index (χ1n) is 7.95. The summed E-state index contributed by atoms with van der Waals surface area (Å²) in [6.07, 6.45) is 2.92. The number of nitrogens with zero attached hydrogens (tertiary/aromatic N) is 1. The number of benzene rings is 1. The second-order valence-corrected chi connectivity index (χ2v) is 7.83. The predicted octanol–water partition coefficient (Wildman–Crippen LogP) is 0.233. The second-order valence-electron chi connectivity index (χ2n) is 5.90. The van der Waals surface area contributed by atoms with Crippen LogP contribution in [-0.4, -0.2) is 61.7 Å². The number of carboxylic acid groups (broad SMARTS) is 1. The number of carbonyl (C=O) groups excluding carboxylic acids is 1. The lowest BCUT2D eigenvalue weighted by Gasteiger charge is -2.21. The van der Waals surface area contributed by atoms with Crippen LogP contribution in [0.15, 0.2) is 24.3 Å². The number of nitrogens with one attached hydrogen (secondary N) is 1. The zero-order chi connectivity index (χ0) is 18.4. The number of rotatable bonds is 8. The maximum atomic E-state index is 12.2. The van der Waals surface area contributed by atoms with Crippen LogP contribution in [0, 0.1) is 0 Å². The van der Waals surface area contributed by atoms with E-state index < -0.39 is 28.6 Å². The second kappa shape index (κ2) is 8.30. The molecule has 25 heavy (non-hydrogen) atoms. The summed E-state index contributed by atoms with van der Waals surface area (Å²) < 4.78 is 29.6. The minimum absolute atomic E-state index is 0.274. The fraction of sp³-hybridized carbons (Fsp3) is 0.500. The average molecular weight is 370 g/mol. The number of carboxylic acids is 1. The summed E-state index contributed by atoms with van der Waals surface area (Å²) in [5.41, 5.74) is 0.953. The molecule has 2 N–H and O–H groups in total. The van der Waals surface area contributed by atoms with Crippen LogP contribution in [0.3, 0.4) is 0 Å². The van der Waals surface area contributed by atoms with E-state index in [1.54, 1.807) is 24.3 Å². The van der Waals surface area contributed by atoms with Crippen molar-refractivity contribution in [2.75, 3.05) is 26.0 Å². The van der Waals surface area contributed by atoms with E-state index in [0.717, 1.165) is 11.8 Å². The highest BCUT2D eigenvalue weighted by atomic mass is 32.2. The van der Waals surface area contributed by atoms with Crippen LogP contribution in [0.2, 0.25) is 0 Å². The lowest BCUT2D eigenvalue weighted by molar-refractivity contribution is -0.139. The first kappa shape index (κ1) is 19.2. The lowest BCUT2D eigenvalue weighted by atomic mass is 10.1. The summed E-state index contributed by atoms with van der Waals surface area (Å²) >= 11 is 0. The van der Waals surface area contributed by atoms with Gasteiger partial charge in [-0.2, -0.15) is 4.31 Å². The smallest absolute Gasteiger partial charge is 0.341 e. The zero-order valence-electron chi connectivity index (χ0n) is 14.0. The average Bonchev–Trinajstić information content (AvgIpc) is 3.04. The van der Waals surface area contributed by atoms with Gasteiger partial charge in [0.15, 0.2) is 6.61 Å². The highest BCUT2D eigenvalue weighted by molar-refractivity contribution is 7.88. The number of aliphatic carboxylic acids is 1. The Morgan fingerprint density at radius 2 is 2.00 bits per heavy atom. The first-order chi connectivity index (χ1) is 11.8. The number of amides is 1. The van der Waals surface area contributed by atoms with Gasteiger partial charge in [-0.1, -0.05) is 12.1 Å². The molecule has 0 saturated carbocycles. The predicted molar refractivity (Wildman–Crippen MR) is 90.9 cm³/mol. The molecule has 1 aromatic carbocycles. The molecular weight excluding hydrogens is 348 g/mol. The summed E-state index contributed by atoms with van der Waals surface area (Å²) in [6, 6.07) is 6.30. The topological polar surface area (TPSA) is 113 Å². The monoisotopic (exact) mass is 370 g/mol. The van der Waals surface area contributed by atoms with Gasteiger partial charge in [-0.3, -0.25) is 4.79 Å². The summed E-state index contributed by atoms with van der Waals surface area (Å²) in [6.45, 7) is 0.380. The van der Waals surface area contributed by atoms with Crippen LogP contribution in [0.25, 0.3) is 0 Å². The molecule has 1 atom stereocenters.